The third kappa shape index (κ3) is 5.19. The van der Waals surface area contributed by atoms with E-state index >= 15 is 4.39 Å². The summed E-state index contributed by atoms with van der Waals surface area (Å²) in [5, 5.41) is 3.10. The van der Waals surface area contributed by atoms with E-state index in [4.69, 9.17) is 0 Å². The average Bonchev–Trinajstić information content (AvgIpc) is 3.17. The van der Waals surface area contributed by atoms with Gasteiger partial charge < -0.3 is 5.32 Å². The molecule has 5 unspecified atom stereocenters. The fourth-order valence-corrected chi connectivity index (χ4v) is 6.93. The molecule has 4 heterocycles. The number of hydrogen-bond acceptors (Lipinski definition) is 6. The Balaban J connectivity index is 1.37. The maximum Gasteiger partial charge on any atom is 0.401 e. The van der Waals surface area contributed by atoms with Gasteiger partial charge in [0.05, 0.1) is 36.7 Å². The second-order valence-corrected chi connectivity index (χ2v) is 10.8. The second-order valence-electron chi connectivity index (χ2n) is 10.8. The molecular formula is C24H34F6N6. The first-order valence-corrected chi connectivity index (χ1v) is 12.8. The van der Waals surface area contributed by atoms with Crippen molar-refractivity contribution >= 4 is 5.69 Å². The van der Waals surface area contributed by atoms with E-state index in [0.29, 0.717) is 45.3 Å². The summed E-state index contributed by atoms with van der Waals surface area (Å²) in [6.07, 6.45) is -3.54. The highest BCUT2D eigenvalue weighted by Gasteiger charge is 2.55. The van der Waals surface area contributed by atoms with Crippen LogP contribution in [-0.2, 0) is 0 Å². The van der Waals surface area contributed by atoms with Crippen LogP contribution in [0.5, 0.6) is 0 Å². The minimum Gasteiger partial charge on any atom is -0.376 e. The Kier molecular flexibility index (Phi) is 7.41. The molecule has 36 heavy (non-hydrogen) atoms. The molecule has 0 radical (unpaired) electrons. The number of alkyl halides is 5. The van der Waals surface area contributed by atoms with E-state index in [1.165, 1.54) is 4.90 Å². The molecule has 1 aromatic heterocycles. The minimum atomic E-state index is -4.42. The molecule has 1 aromatic rings. The summed E-state index contributed by atoms with van der Waals surface area (Å²) in [5.41, 5.74) is 6.11. The van der Waals surface area contributed by atoms with Gasteiger partial charge in [0.15, 0.2) is 6.30 Å². The molecule has 3 saturated heterocycles. The van der Waals surface area contributed by atoms with Crippen molar-refractivity contribution in [3.63, 3.8) is 0 Å². The van der Waals surface area contributed by atoms with Crippen molar-refractivity contribution in [2.45, 2.75) is 69.2 Å². The lowest BCUT2D eigenvalue weighted by Crippen LogP contribution is -2.56. The van der Waals surface area contributed by atoms with Crippen LogP contribution < -0.4 is 16.2 Å². The molecule has 6 nitrogen and oxygen atoms in total. The summed E-state index contributed by atoms with van der Waals surface area (Å²) in [6, 6.07) is 1.88. The monoisotopic (exact) mass is 520 g/mol. The maximum atomic E-state index is 15.1. The van der Waals surface area contributed by atoms with Crippen LogP contribution in [0, 0.1) is 23.7 Å². The van der Waals surface area contributed by atoms with Gasteiger partial charge in [-0.3, -0.25) is 19.6 Å². The SMILES string of the molecule is C[C@@H]1CC2C3C(F)NNC3CCC2[C@@H](c2ccc(NC3CN(CCCF)C3)c(F)n2)N1CC(F)(F)F. The third-order valence-electron chi connectivity index (χ3n) is 8.47. The van der Waals surface area contributed by atoms with Crippen LogP contribution in [0.1, 0.15) is 44.3 Å². The lowest BCUT2D eigenvalue weighted by molar-refractivity contribution is -0.174. The zero-order chi connectivity index (χ0) is 25.6. The van der Waals surface area contributed by atoms with Crippen molar-refractivity contribution in [2.24, 2.45) is 17.8 Å². The quantitative estimate of drug-likeness (QED) is 0.289. The lowest BCUT2D eigenvalue weighted by atomic mass is 9.62. The summed E-state index contributed by atoms with van der Waals surface area (Å²) in [6.45, 7) is 2.23. The van der Waals surface area contributed by atoms with Crippen LogP contribution >= 0.6 is 0 Å². The topological polar surface area (TPSA) is 55.5 Å². The number of halogens is 6. The first-order valence-electron chi connectivity index (χ1n) is 12.8. The molecule has 5 rings (SSSR count). The fraction of sp³-hybridized carbons (Fsp3) is 0.792. The molecule has 0 amide bonds. The van der Waals surface area contributed by atoms with E-state index < -0.39 is 37.0 Å². The molecule has 0 spiro atoms. The summed E-state index contributed by atoms with van der Waals surface area (Å²) in [5.74, 6) is -1.49. The van der Waals surface area contributed by atoms with Crippen molar-refractivity contribution in [2.75, 3.05) is 38.2 Å². The standard InChI is InChI=1S/C24H34F6N6/c1-13-9-16-15(3-4-17-20(16)23(27)34-33-17)21(36(13)12-24(28,29)30)18-5-6-19(22(26)32-18)31-14-10-35(11-14)8-2-7-25/h5-6,13-17,20-21,23,31,33-34H,2-4,7-12H2,1H3/t13-,15?,16?,17?,20?,21+,23?/m1/s1. The van der Waals surface area contributed by atoms with Gasteiger partial charge in [-0.05, 0) is 56.6 Å². The lowest BCUT2D eigenvalue weighted by Gasteiger charge is -2.53. The van der Waals surface area contributed by atoms with Gasteiger partial charge in [-0.1, -0.05) is 0 Å². The highest BCUT2D eigenvalue weighted by atomic mass is 19.4. The van der Waals surface area contributed by atoms with Gasteiger partial charge in [0.25, 0.3) is 0 Å². The number of pyridine rings is 1. The highest BCUT2D eigenvalue weighted by molar-refractivity contribution is 5.45. The highest BCUT2D eigenvalue weighted by Crippen LogP contribution is 2.53. The number of fused-ring (bicyclic) bond motifs is 3. The second kappa shape index (κ2) is 10.3. The van der Waals surface area contributed by atoms with Gasteiger partial charge in [0, 0.05) is 37.6 Å². The number of hydrazine groups is 1. The number of rotatable bonds is 7. The van der Waals surface area contributed by atoms with Gasteiger partial charge >= 0.3 is 6.18 Å². The summed E-state index contributed by atoms with van der Waals surface area (Å²) in [7, 11) is 0. The van der Waals surface area contributed by atoms with Gasteiger partial charge in [-0.25, -0.2) is 14.8 Å². The zero-order valence-electron chi connectivity index (χ0n) is 20.2. The summed E-state index contributed by atoms with van der Waals surface area (Å²) >= 11 is 0. The van der Waals surface area contributed by atoms with Gasteiger partial charge in [0.1, 0.15) is 0 Å². The summed E-state index contributed by atoms with van der Waals surface area (Å²) in [4.78, 5) is 7.61. The predicted molar refractivity (Wildman–Crippen MR) is 123 cm³/mol. The fourth-order valence-electron chi connectivity index (χ4n) is 6.93. The minimum absolute atomic E-state index is 0.00621. The molecule has 0 aromatic carbocycles. The molecule has 3 N–H and O–H groups in total. The Morgan fingerprint density at radius 3 is 2.61 bits per heavy atom. The average molecular weight is 521 g/mol. The first-order chi connectivity index (χ1) is 17.1. The Morgan fingerprint density at radius 2 is 1.92 bits per heavy atom. The van der Waals surface area contributed by atoms with Crippen LogP contribution in [0.25, 0.3) is 0 Å². The number of aromatic nitrogens is 1. The molecule has 1 saturated carbocycles. The van der Waals surface area contributed by atoms with E-state index in [9.17, 15) is 22.0 Å². The van der Waals surface area contributed by atoms with Crippen molar-refractivity contribution < 1.29 is 26.3 Å². The van der Waals surface area contributed by atoms with E-state index in [1.54, 1.807) is 19.1 Å². The maximum absolute atomic E-state index is 15.1. The van der Waals surface area contributed by atoms with Crippen molar-refractivity contribution in [1.29, 1.82) is 0 Å². The Hall–Kier alpha value is -1.63. The molecule has 12 heteroatoms. The molecule has 1 aliphatic carbocycles. The Bertz CT molecular complexity index is 912. The van der Waals surface area contributed by atoms with Crippen molar-refractivity contribution in [3.8, 4) is 0 Å². The number of nitrogens with zero attached hydrogens (tertiary/aromatic N) is 3. The van der Waals surface area contributed by atoms with Crippen molar-refractivity contribution in [3.05, 3.63) is 23.8 Å². The molecule has 202 valence electrons. The van der Waals surface area contributed by atoms with Gasteiger partial charge in [0.2, 0.25) is 5.95 Å². The molecule has 4 aliphatic rings. The number of hydrogen-bond donors (Lipinski definition) is 3. The van der Waals surface area contributed by atoms with Crippen molar-refractivity contribution in [1.82, 2.24) is 25.6 Å². The van der Waals surface area contributed by atoms with Crippen LogP contribution in [0.4, 0.5) is 32.0 Å². The molecule has 4 fully saturated rings. The van der Waals surface area contributed by atoms with E-state index in [2.05, 4.69) is 26.1 Å². The largest absolute Gasteiger partial charge is 0.401 e. The molecule has 7 atom stereocenters. The van der Waals surface area contributed by atoms with E-state index in [0.717, 1.165) is 0 Å². The summed E-state index contributed by atoms with van der Waals surface area (Å²) < 4.78 is 83.0. The van der Waals surface area contributed by atoms with Gasteiger partial charge in [-0.2, -0.15) is 17.6 Å². The number of nitrogens with one attached hydrogen (secondary N) is 3. The smallest absolute Gasteiger partial charge is 0.376 e. The van der Waals surface area contributed by atoms with E-state index in [-0.39, 0.29) is 47.9 Å². The molecule has 3 aliphatic heterocycles. The predicted octanol–water partition coefficient (Wildman–Crippen LogP) is 3.79. The van der Waals surface area contributed by atoms with E-state index in [1.807, 2.05) is 0 Å². The first kappa shape index (κ1) is 26.0. The number of anilines is 1. The Morgan fingerprint density at radius 1 is 1.14 bits per heavy atom. The molecular weight excluding hydrogens is 486 g/mol. The van der Waals surface area contributed by atoms with Crippen LogP contribution in [-0.4, -0.2) is 78.2 Å². The number of piperidine rings is 1. The van der Waals surface area contributed by atoms with Crippen LogP contribution in [0.2, 0.25) is 0 Å². The van der Waals surface area contributed by atoms with Crippen LogP contribution in [0.3, 0.4) is 0 Å². The Labute approximate surface area is 207 Å². The number of likely N-dealkylation sites (tertiary alicyclic amines) is 2. The zero-order valence-corrected chi connectivity index (χ0v) is 20.2. The van der Waals surface area contributed by atoms with Gasteiger partial charge in [-0.15, -0.1) is 0 Å². The molecule has 0 bridgehead atoms. The normalized spacial score (nSPS) is 35.8. The van der Waals surface area contributed by atoms with Crippen LogP contribution in [0.15, 0.2) is 12.1 Å². The third-order valence-corrected chi connectivity index (χ3v) is 8.47.